The molecule has 0 fully saturated rings. The van der Waals surface area contributed by atoms with Crippen LogP contribution in [0.25, 0.3) is 0 Å². The largest absolute Gasteiger partial charge is 0.496 e. The first-order chi connectivity index (χ1) is 7.97. The Bertz CT molecular complexity index is 441. The summed E-state index contributed by atoms with van der Waals surface area (Å²) >= 11 is 14.5. The Morgan fingerprint density at radius 1 is 1.41 bits per heavy atom. The first kappa shape index (κ1) is 14.7. The zero-order chi connectivity index (χ0) is 13.0. The van der Waals surface area contributed by atoms with Crippen molar-refractivity contribution in [3.8, 4) is 11.5 Å². The molecule has 0 saturated carbocycles. The minimum atomic E-state index is 0.197. The maximum absolute atomic E-state index is 5.56. The minimum Gasteiger partial charge on any atom is -0.496 e. The van der Waals surface area contributed by atoms with Crippen molar-refractivity contribution in [1.29, 1.82) is 0 Å². The summed E-state index contributed by atoms with van der Waals surface area (Å²) in [7, 11) is 1.65. The lowest BCUT2D eigenvalue weighted by molar-refractivity contribution is 0.357. The number of hydrogen-bond donors (Lipinski definition) is 0. The Labute approximate surface area is 120 Å². The average molecular weight is 340 g/mol. The summed E-state index contributed by atoms with van der Waals surface area (Å²) in [5, 5.41) is 0. The number of ether oxygens (including phenoxy) is 2. The molecule has 0 saturated heterocycles. The smallest absolute Gasteiger partial charge is 0.134 e. The highest BCUT2D eigenvalue weighted by atomic mass is 79.9. The van der Waals surface area contributed by atoms with Crippen molar-refractivity contribution in [1.82, 2.24) is 0 Å². The Kier molecular flexibility index (Phi) is 5.63. The molecule has 5 heteroatoms. The molecule has 0 amide bonds. The van der Waals surface area contributed by atoms with Crippen LogP contribution in [0.3, 0.4) is 0 Å². The molecule has 2 nitrogen and oxygen atoms in total. The van der Waals surface area contributed by atoms with Gasteiger partial charge in [0.1, 0.15) is 22.6 Å². The fourth-order valence-corrected chi connectivity index (χ4v) is 2.05. The van der Waals surface area contributed by atoms with E-state index in [1.807, 2.05) is 19.9 Å². The molecular weight excluding hydrogens is 327 g/mol. The SMILES string of the molecule is COc1c(C)cc(OCC=C(Cl)Cl)c(Br)c1C. The van der Waals surface area contributed by atoms with Gasteiger partial charge in [0.25, 0.3) is 0 Å². The van der Waals surface area contributed by atoms with Gasteiger partial charge >= 0.3 is 0 Å². The normalized spacial score (nSPS) is 10.0. The lowest BCUT2D eigenvalue weighted by atomic mass is 10.1. The quantitative estimate of drug-likeness (QED) is 0.786. The van der Waals surface area contributed by atoms with Crippen molar-refractivity contribution in [3.05, 3.63) is 32.2 Å². The highest BCUT2D eigenvalue weighted by Crippen LogP contribution is 2.37. The lowest BCUT2D eigenvalue weighted by Gasteiger charge is -2.14. The third-order valence-corrected chi connectivity index (χ3v) is 3.57. The third kappa shape index (κ3) is 3.80. The first-order valence-electron chi connectivity index (χ1n) is 4.95. The maximum atomic E-state index is 5.56. The van der Waals surface area contributed by atoms with E-state index in [0.717, 1.165) is 27.1 Å². The van der Waals surface area contributed by atoms with Crippen LogP contribution in [0.5, 0.6) is 11.5 Å². The lowest BCUT2D eigenvalue weighted by Crippen LogP contribution is -1.99. The molecule has 0 aliphatic heterocycles. The number of methoxy groups -OCH3 is 1. The molecule has 0 unspecified atom stereocenters. The molecule has 0 bridgehead atoms. The molecule has 0 spiro atoms. The molecule has 0 aliphatic rings. The van der Waals surface area contributed by atoms with Gasteiger partial charge in [-0.15, -0.1) is 0 Å². The number of benzene rings is 1. The molecule has 1 aromatic carbocycles. The topological polar surface area (TPSA) is 18.5 Å². The minimum absolute atomic E-state index is 0.197. The summed E-state index contributed by atoms with van der Waals surface area (Å²) in [4.78, 5) is 0. The molecule has 0 aliphatic carbocycles. The highest BCUT2D eigenvalue weighted by molar-refractivity contribution is 9.10. The zero-order valence-corrected chi connectivity index (χ0v) is 12.9. The second kappa shape index (κ2) is 6.53. The predicted octanol–water partition coefficient (Wildman–Crippen LogP) is 4.77. The van der Waals surface area contributed by atoms with E-state index in [1.165, 1.54) is 0 Å². The van der Waals surface area contributed by atoms with Gasteiger partial charge in [-0.2, -0.15) is 0 Å². The van der Waals surface area contributed by atoms with Gasteiger partial charge in [-0.05, 0) is 47.5 Å². The van der Waals surface area contributed by atoms with Crippen LogP contribution < -0.4 is 9.47 Å². The molecule has 0 radical (unpaired) electrons. The van der Waals surface area contributed by atoms with E-state index in [2.05, 4.69) is 15.9 Å². The van der Waals surface area contributed by atoms with Gasteiger partial charge in [0.2, 0.25) is 0 Å². The maximum Gasteiger partial charge on any atom is 0.134 e. The summed E-state index contributed by atoms with van der Waals surface area (Å²) in [5.41, 5.74) is 2.02. The Balaban J connectivity index is 2.98. The Morgan fingerprint density at radius 2 is 2.06 bits per heavy atom. The zero-order valence-electron chi connectivity index (χ0n) is 9.81. The van der Waals surface area contributed by atoms with Crippen LogP contribution in [0.15, 0.2) is 21.1 Å². The van der Waals surface area contributed by atoms with Crippen LogP contribution >= 0.6 is 39.1 Å². The Hall–Kier alpha value is -0.380. The molecule has 0 atom stereocenters. The van der Waals surface area contributed by atoms with Crippen molar-refractivity contribution < 1.29 is 9.47 Å². The van der Waals surface area contributed by atoms with Gasteiger partial charge < -0.3 is 9.47 Å². The van der Waals surface area contributed by atoms with E-state index in [-0.39, 0.29) is 4.49 Å². The van der Waals surface area contributed by atoms with Crippen LogP contribution in [-0.2, 0) is 0 Å². The molecule has 94 valence electrons. The van der Waals surface area contributed by atoms with Crippen LogP contribution in [0, 0.1) is 13.8 Å². The monoisotopic (exact) mass is 338 g/mol. The number of rotatable bonds is 4. The molecule has 1 aromatic rings. The van der Waals surface area contributed by atoms with Crippen LogP contribution in [0.4, 0.5) is 0 Å². The van der Waals surface area contributed by atoms with Crippen molar-refractivity contribution >= 4 is 39.1 Å². The summed E-state index contributed by atoms with van der Waals surface area (Å²) < 4.78 is 11.9. The number of hydrogen-bond acceptors (Lipinski definition) is 2. The second-order valence-corrected chi connectivity index (χ2v) is 5.27. The molecule has 17 heavy (non-hydrogen) atoms. The summed E-state index contributed by atoms with van der Waals surface area (Å²) in [6.45, 7) is 4.26. The van der Waals surface area contributed by atoms with Gasteiger partial charge in [0.05, 0.1) is 11.6 Å². The van der Waals surface area contributed by atoms with Crippen LogP contribution in [0.2, 0.25) is 0 Å². The second-order valence-electron chi connectivity index (χ2n) is 3.47. The van der Waals surface area contributed by atoms with E-state index in [0.29, 0.717) is 6.61 Å². The molecule has 0 heterocycles. The van der Waals surface area contributed by atoms with Crippen LogP contribution in [0.1, 0.15) is 11.1 Å². The highest BCUT2D eigenvalue weighted by Gasteiger charge is 2.12. The van der Waals surface area contributed by atoms with Gasteiger partial charge in [-0.3, -0.25) is 0 Å². The molecule has 1 rings (SSSR count). The van der Waals surface area contributed by atoms with Crippen molar-refractivity contribution in [3.63, 3.8) is 0 Å². The Morgan fingerprint density at radius 3 is 2.59 bits per heavy atom. The van der Waals surface area contributed by atoms with Gasteiger partial charge in [-0.1, -0.05) is 23.2 Å². The first-order valence-corrected chi connectivity index (χ1v) is 6.50. The molecule has 0 aromatic heterocycles. The predicted molar refractivity (Wildman–Crippen MR) is 75.5 cm³/mol. The fraction of sp³-hybridized carbons (Fsp3) is 0.333. The van der Waals surface area contributed by atoms with E-state index < -0.39 is 0 Å². The number of halogens is 3. The standard InChI is InChI=1S/C12H13BrCl2O2/c1-7-6-9(17-5-4-10(14)15)11(13)8(2)12(7)16-3/h4,6H,5H2,1-3H3. The van der Waals surface area contributed by atoms with E-state index in [1.54, 1.807) is 13.2 Å². The third-order valence-electron chi connectivity index (χ3n) is 2.27. The fourth-order valence-electron chi connectivity index (χ4n) is 1.52. The summed E-state index contributed by atoms with van der Waals surface area (Å²) in [6, 6.07) is 1.91. The van der Waals surface area contributed by atoms with Crippen LogP contribution in [-0.4, -0.2) is 13.7 Å². The number of aryl methyl sites for hydroxylation is 1. The van der Waals surface area contributed by atoms with Gasteiger partial charge in [-0.25, -0.2) is 0 Å². The molecular formula is C12H13BrCl2O2. The van der Waals surface area contributed by atoms with Crippen molar-refractivity contribution in [2.75, 3.05) is 13.7 Å². The van der Waals surface area contributed by atoms with Gasteiger partial charge in [0, 0.05) is 5.56 Å². The van der Waals surface area contributed by atoms with E-state index in [4.69, 9.17) is 32.7 Å². The average Bonchev–Trinajstić information content (AvgIpc) is 2.25. The van der Waals surface area contributed by atoms with Crippen molar-refractivity contribution in [2.24, 2.45) is 0 Å². The van der Waals surface area contributed by atoms with E-state index in [9.17, 15) is 0 Å². The summed E-state index contributed by atoms with van der Waals surface area (Å²) in [6.07, 6.45) is 1.59. The van der Waals surface area contributed by atoms with E-state index >= 15 is 0 Å². The summed E-state index contributed by atoms with van der Waals surface area (Å²) in [5.74, 6) is 1.60. The van der Waals surface area contributed by atoms with Crippen molar-refractivity contribution in [2.45, 2.75) is 13.8 Å². The molecule has 0 N–H and O–H groups in total. The van der Waals surface area contributed by atoms with Gasteiger partial charge in [0.15, 0.2) is 0 Å².